The molecule has 252 valence electrons. The number of amides is 3. The van der Waals surface area contributed by atoms with Crippen LogP contribution in [0.15, 0.2) is 22.9 Å². The van der Waals surface area contributed by atoms with Crippen LogP contribution in [0.25, 0.3) is 0 Å². The quantitative estimate of drug-likeness (QED) is 0.266. The predicted molar refractivity (Wildman–Crippen MR) is 176 cm³/mol. The summed E-state index contributed by atoms with van der Waals surface area (Å²) in [5, 5.41) is 3.05. The van der Waals surface area contributed by atoms with E-state index < -0.39 is 23.2 Å². The number of rotatable bonds is 11. The predicted octanol–water partition coefficient (Wildman–Crippen LogP) is 6.43. The first kappa shape index (κ1) is 36.8. The van der Waals surface area contributed by atoms with Crippen molar-refractivity contribution < 1.29 is 28.7 Å². The van der Waals surface area contributed by atoms with E-state index in [0.29, 0.717) is 56.4 Å². The molecule has 0 aromatic carbocycles. The highest BCUT2D eigenvalue weighted by molar-refractivity contribution is 9.10. The molecule has 2 atom stereocenters. The summed E-state index contributed by atoms with van der Waals surface area (Å²) in [5.41, 5.74) is -0.434. The maximum atomic E-state index is 13.5. The van der Waals surface area contributed by atoms with Crippen LogP contribution in [-0.4, -0.2) is 76.0 Å². The lowest BCUT2D eigenvalue weighted by Crippen LogP contribution is -2.46. The standard InChI is InChI=1S/C34H53BrN4O6/c1-23(2)19-34(6,7)45-32(43)38-15-12-24(13-16-38)10-11-29(40)39-14-8-9-25(22-39)31(42)37-28(18-30(41)44-33(3,4)5)26-17-27(35)21-36-20-26/h17,20-21,23-25,28H,8-16,18-19,22H2,1-7H3,(H,37,42). The molecule has 2 fully saturated rings. The lowest BCUT2D eigenvalue weighted by molar-refractivity contribution is -0.155. The molecule has 0 aliphatic carbocycles. The summed E-state index contributed by atoms with van der Waals surface area (Å²) in [6, 6.07) is 1.23. The summed E-state index contributed by atoms with van der Waals surface area (Å²) in [7, 11) is 0. The van der Waals surface area contributed by atoms with Crippen molar-refractivity contribution in [3.05, 3.63) is 28.5 Å². The first-order valence-electron chi connectivity index (χ1n) is 16.4. The number of carbonyl (C=O) groups excluding carboxylic acids is 4. The molecule has 1 N–H and O–H groups in total. The molecule has 0 bridgehead atoms. The summed E-state index contributed by atoms with van der Waals surface area (Å²) in [6.45, 7) is 15.8. The summed E-state index contributed by atoms with van der Waals surface area (Å²) in [6.07, 6.45) is 8.12. The summed E-state index contributed by atoms with van der Waals surface area (Å²) < 4.78 is 12.1. The van der Waals surface area contributed by atoms with E-state index in [1.807, 2.05) is 40.7 Å². The van der Waals surface area contributed by atoms with E-state index in [2.05, 4.69) is 40.1 Å². The van der Waals surface area contributed by atoms with E-state index in [0.717, 1.165) is 36.6 Å². The third-order valence-electron chi connectivity index (χ3n) is 8.28. The first-order chi connectivity index (χ1) is 21.0. The van der Waals surface area contributed by atoms with Gasteiger partial charge in [-0.2, -0.15) is 0 Å². The van der Waals surface area contributed by atoms with Gasteiger partial charge in [-0.3, -0.25) is 19.4 Å². The van der Waals surface area contributed by atoms with Crippen molar-refractivity contribution >= 4 is 39.8 Å². The Morgan fingerprint density at radius 2 is 1.69 bits per heavy atom. The number of piperidine rings is 2. The maximum absolute atomic E-state index is 13.5. The van der Waals surface area contributed by atoms with Crippen molar-refractivity contribution in [2.24, 2.45) is 17.8 Å². The highest BCUT2D eigenvalue weighted by Gasteiger charge is 2.33. The monoisotopic (exact) mass is 692 g/mol. The molecule has 11 heteroatoms. The zero-order valence-electron chi connectivity index (χ0n) is 28.2. The van der Waals surface area contributed by atoms with Gasteiger partial charge in [0.2, 0.25) is 11.8 Å². The van der Waals surface area contributed by atoms with Crippen LogP contribution in [0.2, 0.25) is 0 Å². The Hall–Kier alpha value is -2.69. The van der Waals surface area contributed by atoms with Crippen molar-refractivity contribution in [3.63, 3.8) is 0 Å². The molecule has 2 saturated heterocycles. The molecule has 3 rings (SSSR count). The van der Waals surface area contributed by atoms with Crippen molar-refractivity contribution in [3.8, 4) is 0 Å². The SMILES string of the molecule is CC(C)CC(C)(C)OC(=O)N1CCC(CCC(=O)N2CCCC(C(=O)NC(CC(=O)OC(C)(C)C)c3cncc(Br)c3)C2)CC1. The Bertz CT molecular complexity index is 1180. The van der Waals surface area contributed by atoms with E-state index in [-0.39, 0.29) is 30.2 Å². The number of carbonyl (C=O) groups is 4. The number of pyridine rings is 1. The molecule has 0 spiro atoms. The van der Waals surface area contributed by atoms with Gasteiger partial charge in [-0.15, -0.1) is 0 Å². The number of halogens is 1. The normalized spacial score (nSPS) is 18.8. The molecule has 1 aromatic rings. The number of nitrogens with zero attached hydrogens (tertiary/aromatic N) is 3. The Balaban J connectivity index is 1.49. The third-order valence-corrected chi connectivity index (χ3v) is 8.72. The molecule has 3 heterocycles. The number of hydrogen-bond acceptors (Lipinski definition) is 7. The van der Waals surface area contributed by atoms with Crippen molar-refractivity contribution in [1.82, 2.24) is 20.1 Å². The van der Waals surface area contributed by atoms with Crippen LogP contribution in [0, 0.1) is 17.8 Å². The second kappa shape index (κ2) is 16.2. The fourth-order valence-corrected chi connectivity index (χ4v) is 6.73. The zero-order chi connectivity index (χ0) is 33.4. The molecule has 2 aliphatic rings. The van der Waals surface area contributed by atoms with E-state index >= 15 is 0 Å². The minimum absolute atomic E-state index is 0.0250. The van der Waals surface area contributed by atoms with Gasteiger partial charge in [0, 0.05) is 49.5 Å². The molecular formula is C34H53BrN4O6. The lowest BCUT2D eigenvalue weighted by atomic mass is 9.91. The topological polar surface area (TPSA) is 118 Å². The Morgan fingerprint density at radius 3 is 2.31 bits per heavy atom. The van der Waals surface area contributed by atoms with E-state index in [9.17, 15) is 19.2 Å². The molecule has 2 aliphatic heterocycles. The molecule has 10 nitrogen and oxygen atoms in total. The zero-order valence-corrected chi connectivity index (χ0v) is 29.8. The van der Waals surface area contributed by atoms with Gasteiger partial charge in [0.05, 0.1) is 18.4 Å². The highest BCUT2D eigenvalue weighted by Crippen LogP contribution is 2.28. The number of esters is 1. The molecule has 45 heavy (non-hydrogen) atoms. The van der Waals surface area contributed by atoms with E-state index in [1.165, 1.54) is 0 Å². The number of hydrogen-bond donors (Lipinski definition) is 1. The van der Waals surface area contributed by atoms with Crippen molar-refractivity contribution in [1.29, 1.82) is 0 Å². The molecular weight excluding hydrogens is 640 g/mol. The van der Waals surface area contributed by atoms with Crippen LogP contribution < -0.4 is 5.32 Å². The van der Waals surface area contributed by atoms with Gasteiger partial charge in [-0.1, -0.05) is 13.8 Å². The fourth-order valence-electron chi connectivity index (χ4n) is 6.34. The van der Waals surface area contributed by atoms with Crippen molar-refractivity contribution in [2.75, 3.05) is 26.2 Å². The molecule has 2 unspecified atom stereocenters. The van der Waals surface area contributed by atoms with Crippen LogP contribution in [0.1, 0.15) is 111 Å². The number of nitrogens with one attached hydrogen (secondary N) is 1. The molecule has 1 aromatic heterocycles. The molecule has 0 saturated carbocycles. The largest absolute Gasteiger partial charge is 0.460 e. The van der Waals surface area contributed by atoms with Crippen LogP contribution in [-0.2, 0) is 23.9 Å². The summed E-state index contributed by atoms with van der Waals surface area (Å²) in [4.78, 5) is 59.9. The smallest absolute Gasteiger partial charge is 0.410 e. The summed E-state index contributed by atoms with van der Waals surface area (Å²) >= 11 is 3.42. The van der Waals surface area contributed by atoms with Gasteiger partial charge in [-0.25, -0.2) is 4.79 Å². The van der Waals surface area contributed by atoms with Crippen LogP contribution in [0.4, 0.5) is 4.79 Å². The van der Waals surface area contributed by atoms with Gasteiger partial charge >= 0.3 is 12.1 Å². The average molecular weight is 694 g/mol. The molecule has 3 amide bonds. The summed E-state index contributed by atoms with van der Waals surface area (Å²) in [5.74, 6) is -0.0821. The number of likely N-dealkylation sites (tertiary alicyclic amines) is 2. The maximum Gasteiger partial charge on any atom is 0.410 e. The van der Waals surface area contributed by atoms with Gasteiger partial charge in [-0.05, 0) is 113 Å². The second-order valence-electron chi connectivity index (χ2n) is 14.7. The number of aromatic nitrogens is 1. The Morgan fingerprint density at radius 1 is 1.00 bits per heavy atom. The van der Waals surface area contributed by atoms with Gasteiger partial charge in [0.25, 0.3) is 0 Å². The fraction of sp³-hybridized carbons (Fsp3) is 0.735. The van der Waals surface area contributed by atoms with Gasteiger partial charge in [0.1, 0.15) is 11.2 Å². The Labute approximate surface area is 277 Å². The van der Waals surface area contributed by atoms with Crippen LogP contribution in [0.5, 0.6) is 0 Å². The van der Waals surface area contributed by atoms with Gasteiger partial charge in [0.15, 0.2) is 0 Å². The Kier molecular flexibility index (Phi) is 13.3. The lowest BCUT2D eigenvalue weighted by Gasteiger charge is -2.35. The van der Waals surface area contributed by atoms with Crippen LogP contribution in [0.3, 0.4) is 0 Å². The number of ether oxygens (including phenoxy) is 2. The highest BCUT2D eigenvalue weighted by atomic mass is 79.9. The minimum atomic E-state index is -0.640. The van der Waals surface area contributed by atoms with Crippen LogP contribution >= 0.6 is 15.9 Å². The third kappa shape index (κ3) is 12.6. The van der Waals surface area contributed by atoms with E-state index in [4.69, 9.17) is 9.47 Å². The van der Waals surface area contributed by atoms with Gasteiger partial charge < -0.3 is 24.6 Å². The minimum Gasteiger partial charge on any atom is -0.460 e. The molecule has 0 radical (unpaired) electrons. The van der Waals surface area contributed by atoms with Crippen molar-refractivity contribution in [2.45, 2.75) is 117 Å². The second-order valence-corrected chi connectivity index (χ2v) is 15.6. The average Bonchev–Trinajstić information content (AvgIpc) is 2.94. The van der Waals surface area contributed by atoms with E-state index in [1.54, 1.807) is 22.2 Å². The first-order valence-corrected chi connectivity index (χ1v) is 17.2.